The third-order valence-electron chi connectivity index (χ3n) is 5.84. The number of piperidine rings is 1. The van der Waals surface area contributed by atoms with Crippen LogP contribution < -0.4 is 0 Å². The number of nitrogens with zero attached hydrogens (tertiary/aromatic N) is 4. The fraction of sp³-hybridized carbons (Fsp3) is 0.882. The number of carbonyl (C=O) groups is 2. The molecule has 0 N–H and O–H groups in total. The van der Waals surface area contributed by atoms with Crippen molar-refractivity contribution in [2.45, 2.75) is 37.3 Å². The largest absolute Gasteiger partial charge is 0.441 e. The molecule has 0 aliphatic carbocycles. The van der Waals surface area contributed by atoms with Crippen molar-refractivity contribution in [2.24, 2.45) is 0 Å². The lowest BCUT2D eigenvalue weighted by molar-refractivity contribution is -0.134. The van der Waals surface area contributed by atoms with Gasteiger partial charge < -0.3 is 24.3 Å². The Kier molecular flexibility index (Phi) is 5.01. The smallest absolute Gasteiger partial charge is 0.410 e. The molecule has 3 aliphatic heterocycles. The highest BCUT2D eigenvalue weighted by Crippen LogP contribution is 2.32. The van der Waals surface area contributed by atoms with Gasteiger partial charge in [-0.05, 0) is 27.1 Å². The molecule has 1 spiro atoms. The van der Waals surface area contributed by atoms with E-state index in [-0.39, 0.29) is 17.6 Å². The van der Waals surface area contributed by atoms with Gasteiger partial charge in [-0.2, -0.15) is 0 Å². The molecule has 0 bridgehead atoms. The molecular weight excluding hydrogens is 308 g/mol. The second kappa shape index (κ2) is 6.88. The summed E-state index contributed by atoms with van der Waals surface area (Å²) in [5.74, 6) is 0.223. The van der Waals surface area contributed by atoms with Crippen LogP contribution in [0, 0.1) is 0 Å². The van der Waals surface area contributed by atoms with Crippen LogP contribution in [-0.2, 0) is 9.53 Å². The molecular formula is C17H30N4O3. The van der Waals surface area contributed by atoms with Gasteiger partial charge in [0.25, 0.3) is 0 Å². The summed E-state index contributed by atoms with van der Waals surface area (Å²) in [5.41, 5.74) is -0.367. The summed E-state index contributed by atoms with van der Waals surface area (Å²) in [7, 11) is 6.04. The molecule has 24 heavy (non-hydrogen) atoms. The Morgan fingerprint density at radius 1 is 1.29 bits per heavy atom. The summed E-state index contributed by atoms with van der Waals surface area (Å²) in [4.78, 5) is 32.3. The number of rotatable bonds is 4. The first kappa shape index (κ1) is 17.5. The van der Waals surface area contributed by atoms with E-state index in [0.29, 0.717) is 32.1 Å². The van der Waals surface area contributed by atoms with Crippen LogP contribution in [0.1, 0.15) is 25.7 Å². The van der Waals surface area contributed by atoms with Crippen molar-refractivity contribution in [3.05, 3.63) is 0 Å². The van der Waals surface area contributed by atoms with Crippen LogP contribution in [0.3, 0.4) is 0 Å². The number of ether oxygens (including phenoxy) is 1. The van der Waals surface area contributed by atoms with Crippen LogP contribution >= 0.6 is 0 Å². The third-order valence-corrected chi connectivity index (χ3v) is 5.84. The minimum Gasteiger partial charge on any atom is -0.441 e. The van der Waals surface area contributed by atoms with Crippen LogP contribution in [0.5, 0.6) is 0 Å². The van der Waals surface area contributed by atoms with E-state index >= 15 is 0 Å². The van der Waals surface area contributed by atoms with Gasteiger partial charge in [-0.3, -0.25) is 4.79 Å². The predicted molar refractivity (Wildman–Crippen MR) is 90.8 cm³/mol. The molecule has 0 aromatic heterocycles. The normalized spacial score (nSPS) is 27.3. The minimum absolute atomic E-state index is 0.223. The monoisotopic (exact) mass is 338 g/mol. The zero-order valence-electron chi connectivity index (χ0n) is 15.2. The Balaban J connectivity index is 1.42. The number of hydrogen-bond acceptors (Lipinski definition) is 5. The quantitative estimate of drug-likeness (QED) is 0.745. The Morgan fingerprint density at radius 2 is 2.00 bits per heavy atom. The van der Waals surface area contributed by atoms with Gasteiger partial charge in [-0.25, -0.2) is 4.79 Å². The topological polar surface area (TPSA) is 56.3 Å². The maximum absolute atomic E-state index is 12.5. The number of likely N-dealkylation sites (N-methyl/N-ethyl adjacent to an activating group) is 3. The second-order valence-corrected chi connectivity index (χ2v) is 7.72. The third kappa shape index (κ3) is 3.67. The summed E-state index contributed by atoms with van der Waals surface area (Å²) in [6.07, 6.45) is 3.02. The van der Waals surface area contributed by atoms with Crippen molar-refractivity contribution in [3.63, 3.8) is 0 Å². The summed E-state index contributed by atoms with van der Waals surface area (Å²) >= 11 is 0. The Hall–Kier alpha value is -1.34. The highest BCUT2D eigenvalue weighted by molar-refractivity contribution is 5.76. The van der Waals surface area contributed by atoms with Crippen LogP contribution in [0.2, 0.25) is 0 Å². The average Bonchev–Trinajstić information content (AvgIpc) is 3.09. The first-order chi connectivity index (χ1) is 11.4. The molecule has 3 saturated heterocycles. The number of likely N-dealkylation sites (tertiary alicyclic amines) is 2. The Bertz CT molecular complexity index is 490. The molecule has 3 aliphatic rings. The number of carbonyl (C=O) groups excluding carboxylic acids is 2. The molecule has 136 valence electrons. The van der Waals surface area contributed by atoms with Gasteiger partial charge in [0, 0.05) is 58.5 Å². The lowest BCUT2D eigenvalue weighted by atomic mass is 9.91. The summed E-state index contributed by atoms with van der Waals surface area (Å²) in [6, 6.07) is 0.570. The maximum atomic E-state index is 12.5. The van der Waals surface area contributed by atoms with E-state index in [0.717, 1.165) is 32.5 Å². The fourth-order valence-corrected chi connectivity index (χ4v) is 4.10. The van der Waals surface area contributed by atoms with Crippen LogP contribution in [0.25, 0.3) is 0 Å². The standard InChI is InChI=1S/C17H30N4O3/c1-18-8-4-14(12-18)19(2)9-5-15(22)21-10-6-17(7-11-21)13-20(3)16(23)24-17/h14H,4-13H2,1-3H3. The van der Waals surface area contributed by atoms with Gasteiger partial charge in [0.05, 0.1) is 6.54 Å². The average molecular weight is 338 g/mol. The van der Waals surface area contributed by atoms with E-state index in [1.165, 1.54) is 6.42 Å². The summed E-state index contributed by atoms with van der Waals surface area (Å²) in [6.45, 7) is 5.08. The minimum atomic E-state index is -0.367. The van der Waals surface area contributed by atoms with Gasteiger partial charge >= 0.3 is 6.09 Å². The zero-order valence-corrected chi connectivity index (χ0v) is 15.2. The molecule has 7 heteroatoms. The SMILES string of the molecule is CN1CCC(N(C)CCC(=O)N2CCC3(CC2)CN(C)C(=O)O3)C1. The van der Waals surface area contributed by atoms with E-state index in [2.05, 4.69) is 23.9 Å². The molecule has 3 heterocycles. The van der Waals surface area contributed by atoms with Crippen molar-refractivity contribution in [1.82, 2.24) is 19.6 Å². The van der Waals surface area contributed by atoms with Gasteiger partial charge in [0.15, 0.2) is 0 Å². The molecule has 2 amide bonds. The molecule has 0 saturated carbocycles. The van der Waals surface area contributed by atoms with Crippen LogP contribution in [0.4, 0.5) is 4.79 Å². The van der Waals surface area contributed by atoms with Crippen molar-refractivity contribution < 1.29 is 14.3 Å². The predicted octanol–water partition coefficient (Wildman–Crippen LogP) is 0.456. The molecule has 3 rings (SSSR count). The van der Waals surface area contributed by atoms with Crippen molar-refractivity contribution in [3.8, 4) is 0 Å². The molecule has 0 aromatic carbocycles. The maximum Gasteiger partial charge on any atom is 0.410 e. The lowest BCUT2D eigenvalue weighted by Crippen LogP contribution is -2.49. The van der Waals surface area contributed by atoms with Gasteiger partial charge in [0.1, 0.15) is 5.60 Å². The van der Waals surface area contributed by atoms with Crippen molar-refractivity contribution in [2.75, 3.05) is 60.4 Å². The summed E-state index contributed by atoms with van der Waals surface area (Å²) in [5, 5.41) is 0. The fourth-order valence-electron chi connectivity index (χ4n) is 4.10. The zero-order chi connectivity index (χ0) is 17.3. The number of hydrogen-bond donors (Lipinski definition) is 0. The van der Waals surface area contributed by atoms with Gasteiger partial charge in [0.2, 0.25) is 5.91 Å². The van der Waals surface area contributed by atoms with Crippen molar-refractivity contribution in [1.29, 1.82) is 0 Å². The van der Waals surface area contributed by atoms with E-state index < -0.39 is 0 Å². The molecule has 7 nitrogen and oxygen atoms in total. The van der Waals surface area contributed by atoms with Crippen molar-refractivity contribution >= 4 is 12.0 Å². The summed E-state index contributed by atoms with van der Waals surface area (Å²) < 4.78 is 5.54. The molecule has 0 radical (unpaired) electrons. The van der Waals surface area contributed by atoms with Crippen LogP contribution in [0.15, 0.2) is 0 Å². The second-order valence-electron chi connectivity index (χ2n) is 7.72. The Morgan fingerprint density at radius 3 is 2.54 bits per heavy atom. The highest BCUT2D eigenvalue weighted by atomic mass is 16.6. The van der Waals surface area contributed by atoms with Gasteiger partial charge in [-0.15, -0.1) is 0 Å². The molecule has 0 aromatic rings. The Labute approximate surface area is 144 Å². The molecule has 1 atom stereocenters. The highest BCUT2D eigenvalue weighted by Gasteiger charge is 2.46. The lowest BCUT2D eigenvalue weighted by Gasteiger charge is -2.37. The van der Waals surface area contributed by atoms with E-state index in [9.17, 15) is 9.59 Å². The van der Waals surface area contributed by atoms with Gasteiger partial charge in [-0.1, -0.05) is 0 Å². The molecule has 3 fully saturated rings. The van der Waals surface area contributed by atoms with E-state index in [1.807, 2.05) is 4.90 Å². The van der Waals surface area contributed by atoms with Crippen LogP contribution in [-0.4, -0.2) is 104 Å². The first-order valence-electron chi connectivity index (χ1n) is 8.99. The van der Waals surface area contributed by atoms with E-state index in [1.54, 1.807) is 11.9 Å². The molecule has 1 unspecified atom stereocenters. The van der Waals surface area contributed by atoms with E-state index in [4.69, 9.17) is 4.74 Å². The number of amides is 2. The first-order valence-corrected chi connectivity index (χ1v) is 8.99.